The second-order valence-corrected chi connectivity index (χ2v) is 7.75. The topological polar surface area (TPSA) is 75.1 Å². The highest BCUT2D eigenvalue weighted by atomic mass is 16.5. The molecule has 1 aromatic carbocycles. The molecule has 3 N–H and O–H groups in total. The molecular weight excluding hydrogens is 354 g/mol. The van der Waals surface area contributed by atoms with Crippen LogP contribution in [-0.4, -0.2) is 44.0 Å². The molecule has 0 heterocycles. The van der Waals surface area contributed by atoms with E-state index in [1.807, 2.05) is 18.2 Å². The van der Waals surface area contributed by atoms with Crippen LogP contribution < -0.4 is 20.1 Å². The maximum absolute atomic E-state index is 8.92. The monoisotopic (exact) mass is 391 g/mol. The summed E-state index contributed by atoms with van der Waals surface area (Å²) in [6, 6.07) is 6.29. The van der Waals surface area contributed by atoms with Gasteiger partial charge in [0.2, 0.25) is 0 Å². The number of guanidine groups is 1. The third-order valence-electron chi connectivity index (χ3n) is 5.40. The summed E-state index contributed by atoms with van der Waals surface area (Å²) in [7, 11) is 1.62. The molecule has 1 aliphatic rings. The smallest absolute Gasteiger partial charge is 0.191 e. The fourth-order valence-corrected chi connectivity index (χ4v) is 3.70. The Morgan fingerprint density at radius 1 is 1.21 bits per heavy atom. The SMILES string of the molecule is CCNC(=NCc1ccc(OCCO)c(OC)c1)NC1CCC(C(C)C)CC1. The predicted octanol–water partition coefficient (Wildman–Crippen LogP) is 3.34. The van der Waals surface area contributed by atoms with Crippen LogP contribution in [0.5, 0.6) is 11.5 Å². The van der Waals surface area contributed by atoms with E-state index in [1.54, 1.807) is 7.11 Å². The molecule has 0 atom stereocenters. The Balaban J connectivity index is 1.96. The van der Waals surface area contributed by atoms with E-state index in [2.05, 4.69) is 31.4 Å². The summed E-state index contributed by atoms with van der Waals surface area (Å²) in [4.78, 5) is 4.76. The normalized spacial score (nSPS) is 20.1. The van der Waals surface area contributed by atoms with Crippen LogP contribution in [0.2, 0.25) is 0 Å². The fraction of sp³-hybridized carbons (Fsp3) is 0.682. The molecule has 1 aliphatic carbocycles. The first-order valence-electron chi connectivity index (χ1n) is 10.5. The predicted molar refractivity (Wildman–Crippen MR) is 114 cm³/mol. The summed E-state index contributed by atoms with van der Waals surface area (Å²) in [5.74, 6) is 3.80. The van der Waals surface area contributed by atoms with Gasteiger partial charge in [0.15, 0.2) is 17.5 Å². The molecule has 0 unspecified atom stereocenters. The van der Waals surface area contributed by atoms with Crippen LogP contribution in [0, 0.1) is 11.8 Å². The first-order valence-corrected chi connectivity index (χ1v) is 10.5. The summed E-state index contributed by atoms with van der Waals surface area (Å²) in [5, 5.41) is 15.9. The van der Waals surface area contributed by atoms with Crippen molar-refractivity contribution in [1.29, 1.82) is 0 Å². The molecule has 28 heavy (non-hydrogen) atoms. The number of nitrogens with one attached hydrogen (secondary N) is 2. The Hall–Kier alpha value is -1.95. The van der Waals surface area contributed by atoms with Gasteiger partial charge in [0.25, 0.3) is 0 Å². The van der Waals surface area contributed by atoms with E-state index in [9.17, 15) is 0 Å². The van der Waals surface area contributed by atoms with Gasteiger partial charge in [-0.3, -0.25) is 0 Å². The van der Waals surface area contributed by atoms with E-state index >= 15 is 0 Å². The van der Waals surface area contributed by atoms with E-state index in [4.69, 9.17) is 19.6 Å². The molecule has 6 nitrogen and oxygen atoms in total. The number of rotatable bonds is 9. The molecule has 1 aromatic rings. The number of aliphatic imine (C=N–C) groups is 1. The van der Waals surface area contributed by atoms with Gasteiger partial charge in [-0.15, -0.1) is 0 Å². The van der Waals surface area contributed by atoms with Gasteiger partial charge < -0.3 is 25.2 Å². The summed E-state index contributed by atoms with van der Waals surface area (Å²) in [5.41, 5.74) is 1.05. The van der Waals surface area contributed by atoms with E-state index < -0.39 is 0 Å². The fourth-order valence-electron chi connectivity index (χ4n) is 3.70. The first kappa shape index (κ1) is 22.3. The van der Waals surface area contributed by atoms with Crippen LogP contribution in [0.25, 0.3) is 0 Å². The van der Waals surface area contributed by atoms with Gasteiger partial charge >= 0.3 is 0 Å². The van der Waals surface area contributed by atoms with Crippen molar-refractivity contribution in [3.63, 3.8) is 0 Å². The summed E-state index contributed by atoms with van der Waals surface area (Å²) >= 11 is 0. The second-order valence-electron chi connectivity index (χ2n) is 7.75. The highest BCUT2D eigenvalue weighted by molar-refractivity contribution is 5.80. The number of hydrogen-bond donors (Lipinski definition) is 3. The molecule has 1 saturated carbocycles. The Morgan fingerprint density at radius 2 is 1.96 bits per heavy atom. The summed E-state index contributed by atoms with van der Waals surface area (Å²) in [6.07, 6.45) is 5.00. The van der Waals surface area contributed by atoms with Crippen LogP contribution in [0.4, 0.5) is 0 Å². The molecule has 0 bridgehead atoms. The Bertz CT molecular complexity index is 611. The number of methoxy groups -OCH3 is 1. The average Bonchev–Trinajstić information content (AvgIpc) is 2.71. The molecular formula is C22H37N3O3. The van der Waals surface area contributed by atoms with Crippen molar-refractivity contribution in [2.24, 2.45) is 16.8 Å². The van der Waals surface area contributed by atoms with Crippen molar-refractivity contribution in [1.82, 2.24) is 10.6 Å². The lowest BCUT2D eigenvalue weighted by Gasteiger charge is -2.32. The van der Waals surface area contributed by atoms with Crippen molar-refractivity contribution in [3.05, 3.63) is 23.8 Å². The van der Waals surface area contributed by atoms with Gasteiger partial charge in [-0.05, 0) is 62.1 Å². The standard InChI is InChI=1S/C22H37N3O3/c1-5-23-22(25-19-9-7-18(8-10-19)16(2)3)24-15-17-6-11-20(28-13-12-26)21(14-17)27-4/h6,11,14,16,18-19,26H,5,7-10,12-13,15H2,1-4H3,(H2,23,24,25). The zero-order valence-corrected chi connectivity index (χ0v) is 17.8. The number of hydrogen-bond acceptors (Lipinski definition) is 4. The molecule has 158 valence electrons. The lowest BCUT2D eigenvalue weighted by atomic mass is 9.80. The van der Waals surface area contributed by atoms with Crippen molar-refractivity contribution in [2.45, 2.75) is 59.0 Å². The second kappa shape index (κ2) is 11.8. The van der Waals surface area contributed by atoms with E-state index in [1.165, 1.54) is 25.7 Å². The lowest BCUT2D eigenvalue weighted by molar-refractivity contribution is 0.196. The highest BCUT2D eigenvalue weighted by Crippen LogP contribution is 2.30. The summed E-state index contributed by atoms with van der Waals surface area (Å²) in [6.45, 7) is 8.38. The maximum atomic E-state index is 8.92. The van der Waals surface area contributed by atoms with Crippen LogP contribution in [0.3, 0.4) is 0 Å². The van der Waals surface area contributed by atoms with Crippen molar-refractivity contribution in [3.8, 4) is 11.5 Å². The number of benzene rings is 1. The van der Waals surface area contributed by atoms with Gasteiger partial charge in [0.1, 0.15) is 6.61 Å². The molecule has 0 amide bonds. The van der Waals surface area contributed by atoms with Gasteiger partial charge in [-0.25, -0.2) is 4.99 Å². The number of nitrogens with zero attached hydrogens (tertiary/aromatic N) is 1. The third kappa shape index (κ3) is 6.89. The molecule has 6 heteroatoms. The molecule has 0 radical (unpaired) electrons. The van der Waals surface area contributed by atoms with Crippen LogP contribution >= 0.6 is 0 Å². The minimum absolute atomic E-state index is 0.0218. The quantitative estimate of drug-likeness (QED) is 0.445. The number of aliphatic hydroxyl groups excluding tert-OH is 1. The molecule has 1 fully saturated rings. The zero-order valence-electron chi connectivity index (χ0n) is 17.8. The number of aliphatic hydroxyl groups is 1. The minimum Gasteiger partial charge on any atom is -0.493 e. The van der Waals surface area contributed by atoms with Crippen molar-refractivity contribution in [2.75, 3.05) is 26.9 Å². The van der Waals surface area contributed by atoms with Crippen LogP contribution in [0.15, 0.2) is 23.2 Å². The Morgan fingerprint density at radius 3 is 2.57 bits per heavy atom. The Kier molecular flexibility index (Phi) is 9.41. The van der Waals surface area contributed by atoms with Crippen LogP contribution in [0.1, 0.15) is 52.0 Å². The van der Waals surface area contributed by atoms with Crippen molar-refractivity contribution < 1.29 is 14.6 Å². The van der Waals surface area contributed by atoms with Crippen LogP contribution in [-0.2, 0) is 6.54 Å². The summed E-state index contributed by atoms with van der Waals surface area (Å²) < 4.78 is 10.9. The first-order chi connectivity index (χ1) is 13.6. The van der Waals surface area contributed by atoms with Crippen molar-refractivity contribution >= 4 is 5.96 Å². The molecule has 0 spiro atoms. The largest absolute Gasteiger partial charge is 0.493 e. The van der Waals surface area contributed by atoms with Gasteiger partial charge in [-0.1, -0.05) is 19.9 Å². The highest BCUT2D eigenvalue weighted by Gasteiger charge is 2.23. The van der Waals surface area contributed by atoms with E-state index in [-0.39, 0.29) is 13.2 Å². The number of ether oxygens (including phenoxy) is 2. The minimum atomic E-state index is -0.0218. The average molecular weight is 392 g/mol. The third-order valence-corrected chi connectivity index (χ3v) is 5.40. The molecule has 0 aliphatic heterocycles. The lowest BCUT2D eigenvalue weighted by Crippen LogP contribution is -2.45. The zero-order chi connectivity index (χ0) is 20.4. The van der Waals surface area contributed by atoms with Gasteiger partial charge in [0, 0.05) is 12.6 Å². The van der Waals surface area contributed by atoms with E-state index in [0.29, 0.717) is 24.1 Å². The van der Waals surface area contributed by atoms with Gasteiger partial charge in [-0.2, -0.15) is 0 Å². The molecule has 2 rings (SSSR count). The van der Waals surface area contributed by atoms with E-state index in [0.717, 1.165) is 29.9 Å². The maximum Gasteiger partial charge on any atom is 0.191 e. The van der Waals surface area contributed by atoms with Gasteiger partial charge in [0.05, 0.1) is 20.3 Å². The molecule has 0 saturated heterocycles. The molecule has 0 aromatic heterocycles. The Labute approximate surface area is 169 Å².